The van der Waals surface area contributed by atoms with Crippen LogP contribution in [0.25, 0.3) is 0 Å². The molecule has 0 saturated carbocycles. The molecule has 0 aromatic carbocycles. The van der Waals surface area contributed by atoms with Crippen molar-refractivity contribution in [2.45, 2.75) is 44.3 Å². The quantitative estimate of drug-likeness (QED) is 0.861. The van der Waals surface area contributed by atoms with Gasteiger partial charge in [-0.15, -0.1) is 0 Å². The number of nitrogens with one attached hydrogen (secondary N) is 1. The highest BCUT2D eigenvalue weighted by atomic mass is 79.9. The third-order valence-electron chi connectivity index (χ3n) is 4.76. The first-order valence-electron chi connectivity index (χ1n) is 8.37. The van der Waals surface area contributed by atoms with Gasteiger partial charge in [-0.2, -0.15) is 5.10 Å². The molecule has 0 radical (unpaired) electrons. The van der Waals surface area contributed by atoms with Crippen molar-refractivity contribution in [1.29, 1.82) is 0 Å². The van der Waals surface area contributed by atoms with E-state index in [-0.39, 0.29) is 17.6 Å². The molecule has 2 aromatic heterocycles. The summed E-state index contributed by atoms with van der Waals surface area (Å²) in [5.74, 6) is 0.846. The highest BCUT2D eigenvalue weighted by molar-refractivity contribution is 9.10. The average Bonchev–Trinajstić information content (AvgIpc) is 3.21. The lowest BCUT2D eigenvalue weighted by molar-refractivity contribution is 0.180. The number of hydrogen-bond acceptors (Lipinski definition) is 5. The normalized spacial score (nSPS) is 23.4. The molecule has 128 valence electrons. The fourth-order valence-corrected chi connectivity index (χ4v) is 3.81. The van der Waals surface area contributed by atoms with Crippen LogP contribution in [0.3, 0.4) is 0 Å². The maximum atomic E-state index is 12.5. The summed E-state index contributed by atoms with van der Waals surface area (Å²) >= 11 is 3.30. The summed E-state index contributed by atoms with van der Waals surface area (Å²) in [7, 11) is 0. The number of ether oxygens (including phenoxy) is 1. The molecular weight excluding hydrogens is 374 g/mol. The summed E-state index contributed by atoms with van der Waals surface area (Å²) in [5, 5.41) is 8.09. The third kappa shape index (κ3) is 3.20. The van der Waals surface area contributed by atoms with Gasteiger partial charge in [0.15, 0.2) is 4.67 Å². The summed E-state index contributed by atoms with van der Waals surface area (Å²) in [6.45, 7) is 1.67. The van der Waals surface area contributed by atoms with E-state index in [9.17, 15) is 4.79 Å². The molecule has 1 saturated heterocycles. The first-order valence-corrected chi connectivity index (χ1v) is 9.17. The van der Waals surface area contributed by atoms with Crippen molar-refractivity contribution in [3.05, 3.63) is 50.2 Å². The van der Waals surface area contributed by atoms with Crippen molar-refractivity contribution in [2.75, 3.05) is 13.2 Å². The molecule has 2 unspecified atom stereocenters. The predicted molar refractivity (Wildman–Crippen MR) is 92.0 cm³/mol. The molecule has 2 atom stereocenters. The van der Waals surface area contributed by atoms with Gasteiger partial charge >= 0.3 is 0 Å². The van der Waals surface area contributed by atoms with E-state index in [0.717, 1.165) is 42.7 Å². The van der Waals surface area contributed by atoms with Crippen molar-refractivity contribution in [3.8, 4) is 0 Å². The Bertz CT molecular complexity index is 786. The SMILES string of the molecule is O=c1cc2c(nn1C1COCC1NCc1ccc(Br)o1)CCCC2. The second-order valence-corrected chi connectivity index (χ2v) is 7.19. The van der Waals surface area contributed by atoms with Crippen molar-refractivity contribution < 1.29 is 9.15 Å². The van der Waals surface area contributed by atoms with E-state index in [2.05, 4.69) is 26.3 Å². The van der Waals surface area contributed by atoms with Crippen LogP contribution in [0.15, 0.2) is 32.1 Å². The molecule has 3 heterocycles. The number of rotatable bonds is 4. The Morgan fingerprint density at radius 2 is 2.17 bits per heavy atom. The fraction of sp³-hybridized carbons (Fsp3) is 0.529. The van der Waals surface area contributed by atoms with Gasteiger partial charge in [-0.3, -0.25) is 4.79 Å². The predicted octanol–water partition coefficient (Wildman–Crippen LogP) is 2.21. The lowest BCUT2D eigenvalue weighted by Gasteiger charge is -2.22. The second kappa shape index (κ2) is 6.82. The van der Waals surface area contributed by atoms with Gasteiger partial charge in [-0.05, 0) is 59.3 Å². The summed E-state index contributed by atoms with van der Waals surface area (Å²) in [5.41, 5.74) is 2.16. The molecule has 0 spiro atoms. The zero-order valence-corrected chi connectivity index (χ0v) is 14.9. The Morgan fingerprint density at radius 3 is 3.00 bits per heavy atom. The van der Waals surface area contributed by atoms with Crippen molar-refractivity contribution in [2.24, 2.45) is 0 Å². The van der Waals surface area contributed by atoms with E-state index < -0.39 is 0 Å². The lowest BCUT2D eigenvalue weighted by atomic mass is 9.97. The highest BCUT2D eigenvalue weighted by Crippen LogP contribution is 2.22. The minimum absolute atomic E-state index is 0.0290. The highest BCUT2D eigenvalue weighted by Gasteiger charge is 2.32. The molecule has 7 heteroatoms. The maximum Gasteiger partial charge on any atom is 0.267 e. The van der Waals surface area contributed by atoms with Gasteiger partial charge in [-0.25, -0.2) is 4.68 Å². The van der Waals surface area contributed by atoms with Crippen molar-refractivity contribution in [1.82, 2.24) is 15.1 Å². The molecule has 0 amide bonds. The monoisotopic (exact) mass is 393 g/mol. The van der Waals surface area contributed by atoms with E-state index in [1.165, 1.54) is 0 Å². The topological polar surface area (TPSA) is 69.3 Å². The van der Waals surface area contributed by atoms with E-state index in [4.69, 9.17) is 9.15 Å². The Morgan fingerprint density at radius 1 is 1.29 bits per heavy atom. The molecular formula is C17H20BrN3O3. The van der Waals surface area contributed by atoms with Crippen LogP contribution in [-0.2, 0) is 24.1 Å². The number of fused-ring (bicyclic) bond motifs is 1. The number of halogens is 1. The maximum absolute atomic E-state index is 12.5. The zero-order chi connectivity index (χ0) is 16.5. The Kier molecular flexibility index (Phi) is 4.56. The summed E-state index contributed by atoms with van der Waals surface area (Å²) < 4.78 is 13.5. The number of aromatic nitrogens is 2. The van der Waals surface area contributed by atoms with Crippen LogP contribution in [0.2, 0.25) is 0 Å². The Hall–Kier alpha value is -1.44. The van der Waals surface area contributed by atoms with Crippen LogP contribution >= 0.6 is 15.9 Å². The van der Waals surface area contributed by atoms with Crippen LogP contribution < -0.4 is 10.9 Å². The van der Waals surface area contributed by atoms with Crippen LogP contribution in [0.4, 0.5) is 0 Å². The van der Waals surface area contributed by atoms with E-state index in [1.54, 1.807) is 10.7 Å². The standard InChI is InChI=1S/C17H20BrN3O3/c18-16-6-5-12(24-16)8-19-14-9-23-10-15(14)21-17(22)7-11-3-1-2-4-13(11)20-21/h5-7,14-15,19H,1-4,8-10H2. The number of hydrogen-bond donors (Lipinski definition) is 1. The first kappa shape index (κ1) is 16.1. The van der Waals surface area contributed by atoms with Crippen LogP contribution in [0, 0.1) is 0 Å². The molecule has 1 fully saturated rings. The smallest absolute Gasteiger partial charge is 0.267 e. The van der Waals surface area contributed by atoms with Crippen LogP contribution in [0.5, 0.6) is 0 Å². The van der Waals surface area contributed by atoms with E-state index >= 15 is 0 Å². The fourth-order valence-electron chi connectivity index (χ4n) is 3.47. The summed E-state index contributed by atoms with van der Waals surface area (Å²) in [6.07, 6.45) is 4.22. The Balaban J connectivity index is 1.53. The second-order valence-electron chi connectivity index (χ2n) is 6.40. The lowest BCUT2D eigenvalue weighted by Crippen LogP contribution is -2.41. The zero-order valence-electron chi connectivity index (χ0n) is 13.3. The first-order chi connectivity index (χ1) is 11.7. The van der Waals surface area contributed by atoms with Gasteiger partial charge in [0, 0.05) is 6.07 Å². The Labute approximate surface area is 148 Å². The largest absolute Gasteiger partial charge is 0.453 e. The van der Waals surface area contributed by atoms with Crippen LogP contribution in [-0.4, -0.2) is 29.0 Å². The molecule has 1 aliphatic heterocycles. The van der Waals surface area contributed by atoms with Crippen molar-refractivity contribution in [3.63, 3.8) is 0 Å². The van der Waals surface area contributed by atoms with Crippen LogP contribution in [0.1, 0.15) is 35.9 Å². The van der Waals surface area contributed by atoms with Gasteiger partial charge in [0.1, 0.15) is 5.76 Å². The van der Waals surface area contributed by atoms with Gasteiger partial charge in [0.05, 0.1) is 37.5 Å². The molecule has 0 bridgehead atoms. The van der Waals surface area contributed by atoms with E-state index in [0.29, 0.717) is 24.4 Å². The molecule has 24 heavy (non-hydrogen) atoms. The summed E-state index contributed by atoms with van der Waals surface area (Å²) in [6, 6.07) is 5.52. The average molecular weight is 394 g/mol. The molecule has 1 N–H and O–H groups in total. The minimum atomic E-state index is -0.0804. The number of furan rings is 1. The van der Waals surface area contributed by atoms with Gasteiger partial charge in [0.25, 0.3) is 5.56 Å². The van der Waals surface area contributed by atoms with Gasteiger partial charge in [-0.1, -0.05) is 0 Å². The molecule has 6 nitrogen and oxygen atoms in total. The minimum Gasteiger partial charge on any atom is -0.453 e. The molecule has 2 aliphatic rings. The van der Waals surface area contributed by atoms with Gasteiger partial charge in [0.2, 0.25) is 0 Å². The number of nitrogens with zero attached hydrogens (tertiary/aromatic N) is 2. The molecule has 4 rings (SSSR count). The van der Waals surface area contributed by atoms with Crippen molar-refractivity contribution >= 4 is 15.9 Å². The molecule has 1 aliphatic carbocycles. The van der Waals surface area contributed by atoms with E-state index in [1.807, 2.05) is 12.1 Å². The number of aryl methyl sites for hydroxylation is 2. The third-order valence-corrected chi connectivity index (χ3v) is 5.19. The molecule has 2 aromatic rings. The summed E-state index contributed by atoms with van der Waals surface area (Å²) in [4.78, 5) is 12.5. The van der Waals surface area contributed by atoms with Gasteiger partial charge < -0.3 is 14.5 Å².